The molecule has 1 unspecified atom stereocenters. The lowest BCUT2D eigenvalue weighted by molar-refractivity contribution is 0.249. The molecule has 3 nitrogen and oxygen atoms in total. The van der Waals surface area contributed by atoms with Crippen molar-refractivity contribution in [3.63, 3.8) is 0 Å². The minimum atomic E-state index is 0.0760. The van der Waals surface area contributed by atoms with Gasteiger partial charge in [-0.1, -0.05) is 27.7 Å². The van der Waals surface area contributed by atoms with E-state index >= 15 is 0 Å². The van der Waals surface area contributed by atoms with Gasteiger partial charge in [-0.05, 0) is 42.0 Å². The summed E-state index contributed by atoms with van der Waals surface area (Å²) in [7, 11) is 1.71. The van der Waals surface area contributed by atoms with Gasteiger partial charge >= 0.3 is 0 Å². The number of hydrogen-bond acceptors (Lipinski definition) is 3. The Hall–Kier alpha value is -1.22. The van der Waals surface area contributed by atoms with E-state index in [1.54, 1.807) is 7.11 Å². The Balaban J connectivity index is 3.11. The first-order valence-corrected chi connectivity index (χ1v) is 6.96. The molecule has 0 fully saturated rings. The number of rotatable bonds is 6. The molecule has 0 aliphatic rings. The van der Waals surface area contributed by atoms with Crippen molar-refractivity contribution in [2.75, 3.05) is 19.0 Å². The lowest BCUT2D eigenvalue weighted by Crippen LogP contribution is -2.29. The van der Waals surface area contributed by atoms with Gasteiger partial charge in [0.15, 0.2) is 0 Å². The quantitative estimate of drug-likeness (QED) is 0.826. The summed E-state index contributed by atoms with van der Waals surface area (Å²) in [6.45, 7) is 10.7. The van der Waals surface area contributed by atoms with Crippen LogP contribution in [-0.4, -0.2) is 24.9 Å². The van der Waals surface area contributed by atoms with Crippen LogP contribution < -0.4 is 10.1 Å². The van der Waals surface area contributed by atoms with E-state index in [-0.39, 0.29) is 12.6 Å². The third kappa shape index (κ3) is 3.87. The molecule has 0 saturated heterocycles. The molecule has 19 heavy (non-hydrogen) atoms. The molecule has 1 atom stereocenters. The number of aryl methyl sites for hydroxylation is 1. The molecule has 1 rings (SSSR count). The predicted octanol–water partition coefficient (Wildman–Crippen LogP) is 3.56. The Morgan fingerprint density at radius 1 is 1.21 bits per heavy atom. The molecule has 108 valence electrons. The second kappa shape index (κ2) is 6.80. The fourth-order valence-electron chi connectivity index (χ4n) is 2.10. The first-order valence-electron chi connectivity index (χ1n) is 6.96. The van der Waals surface area contributed by atoms with Crippen LogP contribution in [0.3, 0.4) is 0 Å². The highest BCUT2D eigenvalue weighted by molar-refractivity contribution is 5.58. The fraction of sp³-hybridized carbons (Fsp3) is 0.625. The zero-order valence-corrected chi connectivity index (χ0v) is 12.9. The minimum Gasteiger partial charge on any atom is -0.496 e. The van der Waals surface area contributed by atoms with Crippen LogP contribution in [0.2, 0.25) is 0 Å². The van der Waals surface area contributed by atoms with Crippen molar-refractivity contribution in [3.8, 4) is 5.75 Å². The van der Waals surface area contributed by atoms with Crippen LogP contribution in [0.15, 0.2) is 12.1 Å². The van der Waals surface area contributed by atoms with Gasteiger partial charge < -0.3 is 15.2 Å². The second-order valence-electron chi connectivity index (χ2n) is 5.74. The van der Waals surface area contributed by atoms with Crippen LogP contribution in [0.5, 0.6) is 5.75 Å². The maximum atomic E-state index is 9.44. The summed E-state index contributed by atoms with van der Waals surface area (Å²) < 4.78 is 5.44. The van der Waals surface area contributed by atoms with Gasteiger partial charge in [0, 0.05) is 5.69 Å². The highest BCUT2D eigenvalue weighted by atomic mass is 16.5. The third-order valence-electron chi connectivity index (χ3n) is 3.54. The van der Waals surface area contributed by atoms with Crippen molar-refractivity contribution in [1.82, 2.24) is 0 Å². The van der Waals surface area contributed by atoms with E-state index < -0.39 is 0 Å². The molecule has 0 aliphatic heterocycles. The topological polar surface area (TPSA) is 41.5 Å². The van der Waals surface area contributed by atoms with Crippen molar-refractivity contribution >= 4 is 5.69 Å². The van der Waals surface area contributed by atoms with Crippen molar-refractivity contribution in [3.05, 3.63) is 23.3 Å². The van der Waals surface area contributed by atoms with Crippen LogP contribution in [0, 0.1) is 12.8 Å². The smallest absolute Gasteiger partial charge is 0.122 e. The number of nitrogens with one attached hydrogen (secondary N) is 1. The van der Waals surface area contributed by atoms with Crippen LogP contribution in [0.25, 0.3) is 0 Å². The number of hydrogen-bond donors (Lipinski definition) is 2. The fourth-order valence-corrected chi connectivity index (χ4v) is 2.10. The Kier molecular flexibility index (Phi) is 5.67. The normalized spacial score (nSPS) is 12.9. The van der Waals surface area contributed by atoms with E-state index in [4.69, 9.17) is 4.74 Å². The second-order valence-corrected chi connectivity index (χ2v) is 5.74. The maximum Gasteiger partial charge on any atom is 0.122 e. The van der Waals surface area contributed by atoms with E-state index in [2.05, 4.69) is 52.1 Å². The van der Waals surface area contributed by atoms with Gasteiger partial charge in [0.1, 0.15) is 5.75 Å². The molecule has 0 radical (unpaired) electrons. The number of benzene rings is 1. The van der Waals surface area contributed by atoms with Gasteiger partial charge in [0.25, 0.3) is 0 Å². The Morgan fingerprint density at radius 2 is 1.84 bits per heavy atom. The Morgan fingerprint density at radius 3 is 2.26 bits per heavy atom. The molecule has 0 aromatic heterocycles. The van der Waals surface area contributed by atoms with Crippen LogP contribution in [0.1, 0.15) is 44.7 Å². The van der Waals surface area contributed by atoms with Gasteiger partial charge in [-0.3, -0.25) is 0 Å². The minimum absolute atomic E-state index is 0.0760. The molecule has 2 N–H and O–H groups in total. The zero-order chi connectivity index (χ0) is 14.6. The standard InChI is InChI=1S/C16H27NO2/c1-10(2)13-8-14(12(5)7-16(13)19-6)17-15(9-18)11(3)4/h7-8,10-11,15,17-18H,9H2,1-6H3. The molecule has 0 heterocycles. The first kappa shape index (κ1) is 15.8. The summed E-state index contributed by atoms with van der Waals surface area (Å²) >= 11 is 0. The van der Waals surface area contributed by atoms with Crippen LogP contribution in [-0.2, 0) is 0 Å². The maximum absolute atomic E-state index is 9.44. The number of aliphatic hydroxyl groups excluding tert-OH is 1. The molecule has 1 aromatic carbocycles. The number of anilines is 1. The Bertz CT molecular complexity index is 413. The van der Waals surface area contributed by atoms with E-state index in [1.807, 2.05) is 0 Å². The number of ether oxygens (including phenoxy) is 1. The largest absolute Gasteiger partial charge is 0.496 e. The zero-order valence-electron chi connectivity index (χ0n) is 12.9. The summed E-state index contributed by atoms with van der Waals surface area (Å²) in [5.41, 5.74) is 3.41. The summed E-state index contributed by atoms with van der Waals surface area (Å²) in [5.74, 6) is 1.72. The van der Waals surface area contributed by atoms with Crippen molar-refractivity contribution in [2.24, 2.45) is 5.92 Å². The number of methoxy groups -OCH3 is 1. The van der Waals surface area contributed by atoms with Gasteiger partial charge in [-0.15, -0.1) is 0 Å². The predicted molar refractivity (Wildman–Crippen MR) is 81.2 cm³/mol. The Labute approximate surface area is 117 Å². The average Bonchev–Trinajstić information content (AvgIpc) is 2.35. The summed E-state index contributed by atoms with van der Waals surface area (Å²) in [6, 6.07) is 4.28. The number of aliphatic hydroxyl groups is 1. The highest BCUT2D eigenvalue weighted by Gasteiger charge is 2.16. The van der Waals surface area contributed by atoms with Crippen molar-refractivity contribution in [1.29, 1.82) is 0 Å². The molecule has 0 amide bonds. The molecular weight excluding hydrogens is 238 g/mol. The lowest BCUT2D eigenvalue weighted by Gasteiger charge is -2.24. The van der Waals surface area contributed by atoms with Crippen molar-refractivity contribution in [2.45, 2.75) is 46.6 Å². The van der Waals surface area contributed by atoms with Gasteiger partial charge in [0.2, 0.25) is 0 Å². The molecule has 1 aromatic rings. The summed E-state index contributed by atoms with van der Waals surface area (Å²) in [4.78, 5) is 0. The van der Waals surface area contributed by atoms with Gasteiger partial charge in [-0.2, -0.15) is 0 Å². The summed E-state index contributed by atoms with van der Waals surface area (Å²) in [5, 5.41) is 12.9. The van der Waals surface area contributed by atoms with Crippen LogP contribution >= 0.6 is 0 Å². The first-order chi connectivity index (χ1) is 8.90. The SMILES string of the molecule is COc1cc(C)c(NC(CO)C(C)C)cc1C(C)C. The highest BCUT2D eigenvalue weighted by Crippen LogP contribution is 2.32. The monoisotopic (exact) mass is 265 g/mol. The molecule has 0 aliphatic carbocycles. The van der Waals surface area contributed by atoms with Gasteiger partial charge in [-0.25, -0.2) is 0 Å². The summed E-state index contributed by atoms with van der Waals surface area (Å²) in [6.07, 6.45) is 0. The van der Waals surface area contributed by atoms with E-state index in [1.165, 1.54) is 5.56 Å². The van der Waals surface area contributed by atoms with Crippen LogP contribution in [0.4, 0.5) is 5.69 Å². The molecule has 0 spiro atoms. The van der Waals surface area contributed by atoms with Crippen molar-refractivity contribution < 1.29 is 9.84 Å². The lowest BCUT2D eigenvalue weighted by atomic mass is 9.98. The molecule has 3 heteroatoms. The molecule has 0 saturated carbocycles. The van der Waals surface area contributed by atoms with E-state index in [9.17, 15) is 5.11 Å². The third-order valence-corrected chi connectivity index (χ3v) is 3.54. The molecular formula is C16H27NO2. The van der Waals surface area contributed by atoms with Gasteiger partial charge in [0.05, 0.1) is 19.8 Å². The van der Waals surface area contributed by atoms with E-state index in [0.29, 0.717) is 11.8 Å². The molecule has 0 bridgehead atoms. The average molecular weight is 265 g/mol. The van der Waals surface area contributed by atoms with E-state index in [0.717, 1.165) is 17.0 Å².